The van der Waals surface area contributed by atoms with Gasteiger partial charge in [-0.15, -0.1) is 0 Å². The summed E-state index contributed by atoms with van der Waals surface area (Å²) in [4.78, 5) is 30.0. The van der Waals surface area contributed by atoms with E-state index in [9.17, 15) is 4.79 Å². The summed E-state index contributed by atoms with van der Waals surface area (Å²) in [6.07, 6.45) is 2.71. The molecule has 1 atom stereocenters. The van der Waals surface area contributed by atoms with Crippen molar-refractivity contribution >= 4 is 5.91 Å². The number of H-pyrrole nitrogens is 1. The molecule has 6 heteroatoms. The van der Waals surface area contributed by atoms with Gasteiger partial charge in [-0.1, -0.05) is 0 Å². The minimum atomic E-state index is 0.118. The van der Waals surface area contributed by atoms with Gasteiger partial charge < -0.3 is 9.88 Å². The Hall–Kier alpha value is -2.24. The van der Waals surface area contributed by atoms with Crippen LogP contribution in [0.3, 0.4) is 0 Å². The zero-order chi connectivity index (χ0) is 15.0. The van der Waals surface area contributed by atoms with E-state index in [2.05, 4.69) is 19.9 Å². The van der Waals surface area contributed by atoms with Crippen LogP contribution in [0.25, 0.3) is 11.5 Å². The predicted octanol–water partition coefficient (Wildman–Crippen LogP) is 1.82. The van der Waals surface area contributed by atoms with Crippen molar-refractivity contribution in [3.63, 3.8) is 0 Å². The van der Waals surface area contributed by atoms with Gasteiger partial charge in [0.15, 0.2) is 5.82 Å². The van der Waals surface area contributed by atoms with E-state index in [0.717, 1.165) is 41.7 Å². The second-order valence-electron chi connectivity index (χ2n) is 5.62. The molecule has 2 aromatic heterocycles. The Balaban J connectivity index is 1.90. The van der Waals surface area contributed by atoms with E-state index in [1.165, 1.54) is 0 Å². The van der Waals surface area contributed by atoms with Crippen LogP contribution in [0.15, 0.2) is 12.3 Å². The van der Waals surface area contributed by atoms with Gasteiger partial charge in [0.1, 0.15) is 11.5 Å². The van der Waals surface area contributed by atoms with E-state index in [0.29, 0.717) is 6.54 Å². The summed E-state index contributed by atoms with van der Waals surface area (Å²) in [7, 11) is 0. The summed E-state index contributed by atoms with van der Waals surface area (Å²) in [5.41, 5.74) is 2.74. The van der Waals surface area contributed by atoms with Crippen molar-refractivity contribution in [1.82, 2.24) is 24.8 Å². The maximum Gasteiger partial charge on any atom is 0.219 e. The molecule has 0 radical (unpaired) electrons. The number of likely N-dealkylation sites (tertiary alicyclic amines) is 1. The topological polar surface area (TPSA) is 74.8 Å². The van der Waals surface area contributed by atoms with E-state index >= 15 is 0 Å². The molecule has 2 aromatic rings. The second kappa shape index (κ2) is 5.27. The molecule has 1 amide bonds. The molecule has 1 fully saturated rings. The zero-order valence-corrected chi connectivity index (χ0v) is 12.6. The van der Waals surface area contributed by atoms with Crippen LogP contribution in [0.5, 0.6) is 0 Å². The van der Waals surface area contributed by atoms with Crippen LogP contribution in [0.2, 0.25) is 0 Å². The number of aromatic nitrogens is 4. The fraction of sp³-hybridized carbons (Fsp3) is 0.467. The monoisotopic (exact) mass is 285 g/mol. The Morgan fingerprint density at radius 1 is 1.38 bits per heavy atom. The molecule has 1 N–H and O–H groups in total. The highest BCUT2D eigenvalue weighted by atomic mass is 16.2. The maximum atomic E-state index is 11.5. The highest BCUT2D eigenvalue weighted by Crippen LogP contribution is 2.26. The van der Waals surface area contributed by atoms with E-state index < -0.39 is 0 Å². The van der Waals surface area contributed by atoms with Crippen molar-refractivity contribution in [2.24, 2.45) is 0 Å². The van der Waals surface area contributed by atoms with Crippen LogP contribution in [-0.4, -0.2) is 43.8 Å². The number of aromatic amines is 1. The fourth-order valence-electron chi connectivity index (χ4n) is 2.70. The fourth-order valence-corrected chi connectivity index (χ4v) is 2.70. The lowest BCUT2D eigenvalue weighted by Crippen LogP contribution is -2.25. The first kappa shape index (κ1) is 13.7. The molecule has 0 aromatic carbocycles. The number of imidazole rings is 1. The molecular weight excluding hydrogens is 266 g/mol. The van der Waals surface area contributed by atoms with Crippen LogP contribution in [0, 0.1) is 13.8 Å². The van der Waals surface area contributed by atoms with E-state index in [1.54, 1.807) is 13.1 Å². The Labute approximate surface area is 123 Å². The largest absolute Gasteiger partial charge is 0.342 e. The number of hydrogen-bond donors (Lipinski definition) is 1. The Morgan fingerprint density at radius 3 is 2.81 bits per heavy atom. The summed E-state index contributed by atoms with van der Waals surface area (Å²) < 4.78 is 0. The summed E-state index contributed by atoms with van der Waals surface area (Å²) in [5, 5.41) is 0. The molecule has 0 saturated carbocycles. The van der Waals surface area contributed by atoms with Crippen LogP contribution in [-0.2, 0) is 4.79 Å². The predicted molar refractivity (Wildman–Crippen MR) is 78.7 cm³/mol. The standard InChI is InChI=1S/C15H19N5O/c1-9-6-13(15-16-7-10(2)18-15)19-14(17-9)12-4-5-20(8-12)11(3)21/h6-7,12H,4-5,8H2,1-3H3,(H,16,18)/t12-/m0/s1. The minimum Gasteiger partial charge on any atom is -0.342 e. The number of aryl methyl sites for hydroxylation is 2. The van der Waals surface area contributed by atoms with Gasteiger partial charge >= 0.3 is 0 Å². The highest BCUT2D eigenvalue weighted by molar-refractivity contribution is 5.73. The van der Waals surface area contributed by atoms with Crippen LogP contribution in [0.1, 0.15) is 36.5 Å². The van der Waals surface area contributed by atoms with Gasteiger partial charge in [-0.25, -0.2) is 15.0 Å². The Morgan fingerprint density at radius 2 is 2.19 bits per heavy atom. The molecule has 0 spiro atoms. The van der Waals surface area contributed by atoms with Crippen molar-refractivity contribution in [2.45, 2.75) is 33.1 Å². The molecular formula is C15H19N5O. The SMILES string of the molecule is CC(=O)N1CC[C@H](c2nc(C)cc(-c3ncc(C)[nH]3)n2)C1. The van der Waals surface area contributed by atoms with Crippen molar-refractivity contribution < 1.29 is 4.79 Å². The lowest BCUT2D eigenvalue weighted by Gasteiger charge is -2.13. The molecule has 1 saturated heterocycles. The van der Waals surface area contributed by atoms with Gasteiger partial charge in [0.25, 0.3) is 0 Å². The number of carbonyl (C=O) groups excluding carboxylic acids is 1. The van der Waals surface area contributed by atoms with Gasteiger partial charge in [-0.05, 0) is 26.3 Å². The molecule has 1 aliphatic rings. The first-order valence-electron chi connectivity index (χ1n) is 7.16. The Bertz CT molecular complexity index is 678. The van der Waals surface area contributed by atoms with E-state index in [4.69, 9.17) is 0 Å². The minimum absolute atomic E-state index is 0.118. The molecule has 1 aliphatic heterocycles. The molecule has 0 unspecified atom stereocenters. The molecule has 0 aliphatic carbocycles. The van der Waals surface area contributed by atoms with Gasteiger partial charge in [0, 0.05) is 43.5 Å². The number of amides is 1. The average molecular weight is 285 g/mol. The quantitative estimate of drug-likeness (QED) is 0.913. The van der Waals surface area contributed by atoms with Crippen LogP contribution >= 0.6 is 0 Å². The third kappa shape index (κ3) is 2.79. The summed E-state index contributed by atoms with van der Waals surface area (Å²) in [5.74, 6) is 1.90. The average Bonchev–Trinajstić information content (AvgIpc) is 3.06. The zero-order valence-electron chi connectivity index (χ0n) is 12.6. The number of nitrogens with one attached hydrogen (secondary N) is 1. The molecule has 3 rings (SSSR count). The van der Waals surface area contributed by atoms with Crippen LogP contribution in [0.4, 0.5) is 0 Å². The molecule has 21 heavy (non-hydrogen) atoms. The highest BCUT2D eigenvalue weighted by Gasteiger charge is 2.28. The molecule has 0 bridgehead atoms. The van der Waals surface area contributed by atoms with Crippen molar-refractivity contribution in [3.05, 3.63) is 29.5 Å². The first-order valence-corrected chi connectivity index (χ1v) is 7.16. The maximum absolute atomic E-state index is 11.5. The third-order valence-corrected chi connectivity index (χ3v) is 3.82. The van der Waals surface area contributed by atoms with Crippen LogP contribution < -0.4 is 0 Å². The van der Waals surface area contributed by atoms with E-state index in [1.807, 2.05) is 24.8 Å². The third-order valence-electron chi connectivity index (χ3n) is 3.82. The number of nitrogens with zero attached hydrogens (tertiary/aromatic N) is 4. The van der Waals surface area contributed by atoms with Crippen molar-refractivity contribution in [3.8, 4) is 11.5 Å². The molecule has 110 valence electrons. The lowest BCUT2D eigenvalue weighted by atomic mass is 10.1. The molecule has 3 heterocycles. The summed E-state index contributed by atoms with van der Waals surface area (Å²) >= 11 is 0. The number of rotatable bonds is 2. The van der Waals surface area contributed by atoms with Gasteiger partial charge in [0.2, 0.25) is 5.91 Å². The smallest absolute Gasteiger partial charge is 0.219 e. The number of hydrogen-bond acceptors (Lipinski definition) is 4. The Kier molecular flexibility index (Phi) is 3.45. The van der Waals surface area contributed by atoms with E-state index in [-0.39, 0.29) is 11.8 Å². The van der Waals surface area contributed by atoms with Crippen molar-refractivity contribution in [2.75, 3.05) is 13.1 Å². The van der Waals surface area contributed by atoms with Crippen molar-refractivity contribution in [1.29, 1.82) is 0 Å². The first-order chi connectivity index (χ1) is 10.0. The normalized spacial score (nSPS) is 18.2. The summed E-state index contributed by atoms with van der Waals surface area (Å²) in [6, 6.07) is 1.93. The lowest BCUT2D eigenvalue weighted by molar-refractivity contribution is -0.127. The summed E-state index contributed by atoms with van der Waals surface area (Å²) in [6.45, 7) is 7.02. The van der Waals surface area contributed by atoms with Gasteiger partial charge in [-0.2, -0.15) is 0 Å². The second-order valence-corrected chi connectivity index (χ2v) is 5.62. The number of carbonyl (C=O) groups is 1. The van der Waals surface area contributed by atoms with Gasteiger partial charge in [0.05, 0.1) is 0 Å². The molecule has 6 nitrogen and oxygen atoms in total. The van der Waals surface area contributed by atoms with Gasteiger partial charge in [-0.3, -0.25) is 4.79 Å².